The molecule has 0 amide bonds. The van der Waals surface area contributed by atoms with E-state index in [1.807, 2.05) is 12.1 Å². The summed E-state index contributed by atoms with van der Waals surface area (Å²) in [5.74, 6) is 1.50. The van der Waals surface area contributed by atoms with E-state index < -0.39 is 11.7 Å². The van der Waals surface area contributed by atoms with Gasteiger partial charge in [-0.2, -0.15) is 13.2 Å². The predicted octanol–water partition coefficient (Wildman–Crippen LogP) is 3.38. The molecule has 34 heavy (non-hydrogen) atoms. The molecule has 1 atom stereocenters. The Labute approximate surface area is 194 Å². The van der Waals surface area contributed by atoms with Crippen molar-refractivity contribution >= 4 is 22.8 Å². The fourth-order valence-electron chi connectivity index (χ4n) is 5.32. The van der Waals surface area contributed by atoms with E-state index in [9.17, 15) is 13.2 Å². The van der Waals surface area contributed by atoms with Gasteiger partial charge < -0.3 is 24.8 Å². The van der Waals surface area contributed by atoms with Crippen LogP contribution in [0.1, 0.15) is 18.4 Å². The van der Waals surface area contributed by atoms with Crippen LogP contribution in [-0.4, -0.2) is 76.8 Å². The number of hydrogen-bond donors (Lipinski definition) is 2. The highest BCUT2D eigenvalue weighted by Crippen LogP contribution is 2.39. The van der Waals surface area contributed by atoms with Crippen molar-refractivity contribution in [2.24, 2.45) is 5.92 Å². The lowest BCUT2D eigenvalue weighted by atomic mass is 9.84. The van der Waals surface area contributed by atoms with Gasteiger partial charge in [0.1, 0.15) is 17.0 Å². The zero-order valence-corrected chi connectivity index (χ0v) is 18.6. The van der Waals surface area contributed by atoms with E-state index >= 15 is 0 Å². The first kappa shape index (κ1) is 21.6. The van der Waals surface area contributed by atoms with Gasteiger partial charge in [-0.25, -0.2) is 15.0 Å². The van der Waals surface area contributed by atoms with Crippen LogP contribution >= 0.6 is 0 Å². The lowest BCUT2D eigenvalue weighted by Gasteiger charge is -2.44. The monoisotopic (exact) mass is 473 g/mol. The molecule has 2 bridgehead atoms. The second kappa shape index (κ2) is 8.38. The SMILES string of the molecule is FC(F)(F)c1cnc(N[C@@H]2CN3CCC2CC3)nc1-c1c[nH]c2nc(N3CCOCC3)ccc12. The van der Waals surface area contributed by atoms with Crippen molar-refractivity contribution in [1.29, 1.82) is 0 Å². The number of H-pyrrole nitrogens is 1. The third-order valence-corrected chi connectivity index (χ3v) is 7.18. The lowest BCUT2D eigenvalue weighted by Crippen LogP contribution is -2.53. The average Bonchev–Trinajstić information content (AvgIpc) is 3.28. The van der Waals surface area contributed by atoms with Crippen molar-refractivity contribution in [1.82, 2.24) is 24.8 Å². The van der Waals surface area contributed by atoms with Crippen LogP contribution in [-0.2, 0) is 10.9 Å². The summed E-state index contributed by atoms with van der Waals surface area (Å²) >= 11 is 0. The number of fused-ring (bicyclic) bond motifs is 4. The number of nitrogens with zero attached hydrogens (tertiary/aromatic N) is 5. The van der Waals surface area contributed by atoms with Gasteiger partial charge in [-0.1, -0.05) is 0 Å². The van der Waals surface area contributed by atoms with E-state index in [1.165, 1.54) is 0 Å². The molecule has 3 aromatic rings. The molecule has 7 heterocycles. The van der Waals surface area contributed by atoms with Gasteiger partial charge in [0.25, 0.3) is 0 Å². The minimum Gasteiger partial charge on any atom is -0.378 e. The highest BCUT2D eigenvalue weighted by Gasteiger charge is 2.38. The first-order valence-corrected chi connectivity index (χ1v) is 11.7. The van der Waals surface area contributed by atoms with E-state index in [-0.39, 0.29) is 17.7 Å². The minimum absolute atomic E-state index is 0.140. The molecule has 0 radical (unpaired) electrons. The smallest absolute Gasteiger partial charge is 0.378 e. The zero-order chi connectivity index (χ0) is 23.3. The molecule has 4 aliphatic heterocycles. The molecular formula is C23H26F3N7O. The molecule has 0 unspecified atom stereocenters. The topological polar surface area (TPSA) is 82.2 Å². The molecule has 11 heteroatoms. The van der Waals surface area contributed by atoms with Crippen molar-refractivity contribution in [3.63, 3.8) is 0 Å². The molecular weight excluding hydrogens is 447 g/mol. The number of aromatic nitrogens is 4. The van der Waals surface area contributed by atoms with E-state index in [2.05, 4.69) is 35.1 Å². The summed E-state index contributed by atoms with van der Waals surface area (Å²) in [7, 11) is 0. The summed E-state index contributed by atoms with van der Waals surface area (Å²) in [6, 6.07) is 3.79. The normalized spacial score (nSPS) is 25.1. The molecule has 3 aromatic heterocycles. The fourth-order valence-corrected chi connectivity index (χ4v) is 5.32. The minimum atomic E-state index is -4.58. The van der Waals surface area contributed by atoms with Gasteiger partial charge in [0.2, 0.25) is 5.95 Å². The number of piperidine rings is 3. The molecule has 180 valence electrons. The van der Waals surface area contributed by atoms with Crippen LogP contribution < -0.4 is 10.2 Å². The van der Waals surface area contributed by atoms with Crippen LogP contribution in [0.2, 0.25) is 0 Å². The number of nitrogens with one attached hydrogen (secondary N) is 2. The Bertz CT molecular complexity index is 1180. The highest BCUT2D eigenvalue weighted by molar-refractivity contribution is 5.94. The Morgan fingerprint density at radius 1 is 1.06 bits per heavy atom. The zero-order valence-electron chi connectivity index (χ0n) is 18.6. The van der Waals surface area contributed by atoms with Crippen molar-refractivity contribution in [2.45, 2.75) is 25.1 Å². The van der Waals surface area contributed by atoms with Crippen LogP contribution in [0, 0.1) is 5.92 Å². The first-order valence-electron chi connectivity index (χ1n) is 11.7. The highest BCUT2D eigenvalue weighted by atomic mass is 19.4. The summed E-state index contributed by atoms with van der Waals surface area (Å²) < 4.78 is 47.1. The van der Waals surface area contributed by atoms with Crippen LogP contribution in [0.4, 0.5) is 24.9 Å². The van der Waals surface area contributed by atoms with E-state index in [0.717, 1.165) is 57.6 Å². The van der Waals surface area contributed by atoms with E-state index in [0.29, 0.717) is 35.7 Å². The summed E-state index contributed by atoms with van der Waals surface area (Å²) in [5.41, 5.74) is -0.107. The number of anilines is 2. The van der Waals surface area contributed by atoms with Gasteiger partial charge in [-0.05, 0) is 44.0 Å². The number of morpholine rings is 1. The van der Waals surface area contributed by atoms with Crippen molar-refractivity contribution in [3.8, 4) is 11.3 Å². The largest absolute Gasteiger partial charge is 0.419 e. The standard InChI is InChI=1S/C23H26F3N7O/c24-23(25,26)17-12-28-22(29-18-13-32-5-3-14(18)4-6-32)31-20(17)16-11-27-21-15(16)1-2-19(30-21)33-7-9-34-10-8-33/h1-2,11-12,14,18H,3-10,13H2,(H,27,30)(H,28,29,31)/t18-/m1/s1. The second-order valence-corrected chi connectivity index (χ2v) is 9.21. The quantitative estimate of drug-likeness (QED) is 0.601. The maximum absolute atomic E-state index is 13.9. The first-order chi connectivity index (χ1) is 16.5. The Morgan fingerprint density at radius 2 is 1.85 bits per heavy atom. The number of halogens is 3. The molecule has 4 saturated heterocycles. The van der Waals surface area contributed by atoms with Crippen molar-refractivity contribution in [3.05, 3.63) is 30.1 Å². The Morgan fingerprint density at radius 3 is 2.56 bits per heavy atom. The third-order valence-electron chi connectivity index (χ3n) is 7.18. The average molecular weight is 474 g/mol. The molecule has 8 nitrogen and oxygen atoms in total. The fraction of sp³-hybridized carbons (Fsp3) is 0.522. The Hall–Kier alpha value is -2.92. The van der Waals surface area contributed by atoms with Gasteiger partial charge >= 0.3 is 6.18 Å². The molecule has 0 spiro atoms. The van der Waals surface area contributed by atoms with Gasteiger partial charge in [0.05, 0.1) is 18.9 Å². The summed E-state index contributed by atoms with van der Waals surface area (Å²) in [4.78, 5) is 20.6. The van der Waals surface area contributed by atoms with Gasteiger partial charge in [-0.15, -0.1) is 0 Å². The summed E-state index contributed by atoms with van der Waals surface area (Å²) in [6.07, 6.45) is 0.0422. The molecule has 0 saturated carbocycles. The number of alkyl halides is 3. The molecule has 2 N–H and O–H groups in total. The van der Waals surface area contributed by atoms with Crippen molar-refractivity contribution < 1.29 is 17.9 Å². The maximum atomic E-state index is 13.9. The summed E-state index contributed by atoms with van der Waals surface area (Å²) in [5, 5.41) is 3.91. The Balaban J connectivity index is 1.36. The molecule has 4 aliphatic rings. The van der Waals surface area contributed by atoms with Crippen LogP contribution in [0.15, 0.2) is 24.5 Å². The lowest BCUT2D eigenvalue weighted by molar-refractivity contribution is -0.137. The number of rotatable bonds is 4. The molecule has 0 aromatic carbocycles. The van der Waals surface area contributed by atoms with Gasteiger partial charge in [0.15, 0.2) is 0 Å². The number of pyridine rings is 1. The molecule has 4 fully saturated rings. The Kier molecular flexibility index (Phi) is 5.33. The molecule has 7 rings (SSSR count). The van der Waals surface area contributed by atoms with Crippen LogP contribution in [0.3, 0.4) is 0 Å². The number of aromatic amines is 1. The summed E-state index contributed by atoms with van der Waals surface area (Å²) in [6.45, 7) is 5.73. The van der Waals surface area contributed by atoms with Crippen LogP contribution in [0.5, 0.6) is 0 Å². The molecule has 0 aliphatic carbocycles. The van der Waals surface area contributed by atoms with Crippen molar-refractivity contribution in [2.75, 3.05) is 56.2 Å². The predicted molar refractivity (Wildman–Crippen MR) is 122 cm³/mol. The van der Waals surface area contributed by atoms with Crippen LogP contribution in [0.25, 0.3) is 22.3 Å². The number of hydrogen-bond acceptors (Lipinski definition) is 7. The van der Waals surface area contributed by atoms with E-state index in [1.54, 1.807) is 6.20 Å². The second-order valence-electron chi connectivity index (χ2n) is 9.21. The van der Waals surface area contributed by atoms with Gasteiger partial charge in [0, 0.05) is 49.0 Å². The number of ether oxygens (including phenoxy) is 1. The maximum Gasteiger partial charge on any atom is 0.419 e. The van der Waals surface area contributed by atoms with E-state index in [4.69, 9.17) is 4.74 Å². The van der Waals surface area contributed by atoms with Gasteiger partial charge in [-0.3, -0.25) is 0 Å². The third kappa shape index (κ3) is 3.96.